The molecular weight excluding hydrogens is 418 g/mol. The summed E-state index contributed by atoms with van der Waals surface area (Å²) in [6.07, 6.45) is 1.71. The van der Waals surface area contributed by atoms with Crippen molar-refractivity contribution in [2.24, 2.45) is 0 Å². The minimum atomic E-state index is -0.143. The third-order valence-electron chi connectivity index (χ3n) is 5.96. The van der Waals surface area contributed by atoms with Gasteiger partial charge in [0.05, 0.1) is 25.3 Å². The second-order valence-corrected chi connectivity index (χ2v) is 8.14. The minimum Gasteiger partial charge on any atom is -0.493 e. The Labute approximate surface area is 193 Å². The Bertz CT molecular complexity index is 1250. The molecule has 2 heterocycles. The van der Waals surface area contributed by atoms with Gasteiger partial charge in [0.1, 0.15) is 18.2 Å². The van der Waals surface area contributed by atoms with Crippen LogP contribution in [0, 0.1) is 6.92 Å². The van der Waals surface area contributed by atoms with E-state index in [9.17, 15) is 4.79 Å². The topological polar surface area (TPSA) is 57.2 Å². The van der Waals surface area contributed by atoms with Crippen molar-refractivity contribution in [3.05, 3.63) is 88.2 Å². The zero-order valence-corrected chi connectivity index (χ0v) is 18.9. The molecule has 5 rings (SSSR count). The van der Waals surface area contributed by atoms with E-state index in [2.05, 4.69) is 17.0 Å². The van der Waals surface area contributed by atoms with Crippen LogP contribution < -0.4 is 18.9 Å². The third kappa shape index (κ3) is 3.83. The van der Waals surface area contributed by atoms with Gasteiger partial charge in [-0.05, 0) is 36.3 Å². The summed E-state index contributed by atoms with van der Waals surface area (Å²) in [5, 5.41) is 0. The van der Waals surface area contributed by atoms with Crippen LogP contribution >= 0.6 is 0 Å². The summed E-state index contributed by atoms with van der Waals surface area (Å²) in [5.74, 6) is 2.61. The molecule has 0 N–H and O–H groups in total. The van der Waals surface area contributed by atoms with Gasteiger partial charge in [-0.3, -0.25) is 9.69 Å². The van der Waals surface area contributed by atoms with Gasteiger partial charge in [0, 0.05) is 18.7 Å². The van der Waals surface area contributed by atoms with E-state index in [1.165, 1.54) is 5.56 Å². The Hall–Kier alpha value is -3.77. The third-order valence-corrected chi connectivity index (χ3v) is 5.96. The van der Waals surface area contributed by atoms with Gasteiger partial charge in [-0.1, -0.05) is 42.5 Å². The fraction of sp³-hybridized carbons (Fsp3) is 0.222. The number of para-hydroxylation sites is 1. The van der Waals surface area contributed by atoms with Crippen molar-refractivity contribution < 1.29 is 23.7 Å². The van der Waals surface area contributed by atoms with E-state index in [0.717, 1.165) is 23.4 Å². The Morgan fingerprint density at radius 2 is 1.88 bits per heavy atom. The average molecular weight is 443 g/mol. The van der Waals surface area contributed by atoms with E-state index in [4.69, 9.17) is 18.9 Å². The summed E-state index contributed by atoms with van der Waals surface area (Å²) in [6.45, 7) is 3.78. The zero-order valence-electron chi connectivity index (χ0n) is 18.9. The number of rotatable bonds is 5. The number of benzene rings is 3. The zero-order chi connectivity index (χ0) is 22.9. The highest BCUT2D eigenvalue weighted by Gasteiger charge is 2.35. The van der Waals surface area contributed by atoms with Crippen LogP contribution in [-0.2, 0) is 13.1 Å². The first kappa shape index (κ1) is 21.1. The highest BCUT2D eigenvalue weighted by molar-refractivity contribution is 6.16. The average Bonchev–Trinajstić information content (AvgIpc) is 3.16. The summed E-state index contributed by atoms with van der Waals surface area (Å²) in [6, 6.07) is 17.7. The maximum absolute atomic E-state index is 13.3. The van der Waals surface area contributed by atoms with Crippen LogP contribution in [0.4, 0.5) is 0 Å². The molecule has 33 heavy (non-hydrogen) atoms. The molecule has 0 radical (unpaired) electrons. The molecule has 0 aromatic heterocycles. The molecular formula is C27H25NO5. The maximum atomic E-state index is 13.3. The molecule has 0 unspecified atom stereocenters. The quantitative estimate of drug-likeness (QED) is 0.519. The lowest BCUT2D eigenvalue weighted by atomic mass is 9.98. The molecule has 0 aliphatic carbocycles. The van der Waals surface area contributed by atoms with Gasteiger partial charge < -0.3 is 18.9 Å². The minimum absolute atomic E-state index is 0.143. The highest BCUT2D eigenvalue weighted by atomic mass is 16.5. The van der Waals surface area contributed by atoms with Crippen LogP contribution in [0.25, 0.3) is 6.08 Å². The van der Waals surface area contributed by atoms with Gasteiger partial charge in [0.25, 0.3) is 0 Å². The molecule has 0 fully saturated rings. The fourth-order valence-electron chi connectivity index (χ4n) is 4.39. The first-order valence-corrected chi connectivity index (χ1v) is 10.8. The van der Waals surface area contributed by atoms with Crippen molar-refractivity contribution in [3.8, 4) is 23.0 Å². The number of methoxy groups -OCH3 is 2. The van der Waals surface area contributed by atoms with Crippen LogP contribution in [-0.4, -0.2) is 31.6 Å². The number of Topliss-reactive ketones (excluding diaryl/α,β-unsaturated/α-hetero) is 1. The summed E-state index contributed by atoms with van der Waals surface area (Å²) >= 11 is 0. The van der Waals surface area contributed by atoms with E-state index < -0.39 is 0 Å². The van der Waals surface area contributed by atoms with Crippen LogP contribution in [0.1, 0.15) is 32.6 Å². The van der Waals surface area contributed by atoms with Crippen molar-refractivity contribution >= 4 is 11.9 Å². The van der Waals surface area contributed by atoms with Gasteiger partial charge >= 0.3 is 0 Å². The molecule has 0 bridgehead atoms. The number of hydrogen-bond acceptors (Lipinski definition) is 6. The molecule has 0 saturated carbocycles. The van der Waals surface area contributed by atoms with Crippen LogP contribution in [0.2, 0.25) is 0 Å². The maximum Gasteiger partial charge on any atom is 0.232 e. The lowest BCUT2D eigenvalue weighted by Gasteiger charge is -2.30. The molecule has 3 aromatic carbocycles. The van der Waals surface area contributed by atoms with Crippen molar-refractivity contribution in [3.63, 3.8) is 0 Å². The molecule has 2 aliphatic heterocycles. The normalized spacial score (nSPS) is 16.1. The number of carbonyl (C=O) groups excluding carboxylic acids is 1. The van der Waals surface area contributed by atoms with E-state index in [1.807, 2.05) is 49.4 Å². The van der Waals surface area contributed by atoms with Crippen LogP contribution in [0.3, 0.4) is 0 Å². The van der Waals surface area contributed by atoms with Gasteiger partial charge in [-0.25, -0.2) is 0 Å². The Kier molecular flexibility index (Phi) is 5.52. The smallest absolute Gasteiger partial charge is 0.232 e. The number of ketones is 1. The molecule has 0 spiro atoms. The van der Waals surface area contributed by atoms with E-state index >= 15 is 0 Å². The molecule has 6 heteroatoms. The summed E-state index contributed by atoms with van der Waals surface area (Å²) in [5.41, 5.74) is 4.24. The molecule has 0 atom stereocenters. The predicted octanol–water partition coefficient (Wildman–Crippen LogP) is 4.98. The summed E-state index contributed by atoms with van der Waals surface area (Å²) < 4.78 is 23.1. The molecule has 6 nitrogen and oxygen atoms in total. The molecule has 0 amide bonds. The Balaban J connectivity index is 1.49. The van der Waals surface area contributed by atoms with E-state index in [-0.39, 0.29) is 11.5 Å². The summed E-state index contributed by atoms with van der Waals surface area (Å²) in [7, 11) is 3.16. The predicted molar refractivity (Wildman–Crippen MR) is 125 cm³/mol. The van der Waals surface area contributed by atoms with E-state index in [1.54, 1.807) is 20.3 Å². The van der Waals surface area contributed by atoms with Gasteiger partial charge in [-0.2, -0.15) is 0 Å². The monoisotopic (exact) mass is 443 g/mol. The standard InChI is InChI=1S/C27H25NO5/c1-17-12-22-20(15-28(16-32-22)14-18-8-5-4-6-9-18)27-24(17)25(29)23(33-27)13-19-10-7-11-21(30-2)26(19)31-3/h4-13H,14-16H2,1-3H3/b23-13-. The summed E-state index contributed by atoms with van der Waals surface area (Å²) in [4.78, 5) is 15.5. The molecule has 3 aromatic rings. The van der Waals surface area contributed by atoms with E-state index in [0.29, 0.717) is 41.7 Å². The lowest BCUT2D eigenvalue weighted by Crippen LogP contribution is -2.31. The van der Waals surface area contributed by atoms with Crippen molar-refractivity contribution in [2.45, 2.75) is 20.0 Å². The number of hydrogen-bond donors (Lipinski definition) is 0. The number of carbonyl (C=O) groups is 1. The van der Waals surface area contributed by atoms with Gasteiger partial charge in [0.2, 0.25) is 5.78 Å². The van der Waals surface area contributed by atoms with Gasteiger partial charge in [0.15, 0.2) is 17.3 Å². The molecule has 168 valence electrons. The number of nitrogens with zero attached hydrogens (tertiary/aromatic N) is 1. The second kappa shape index (κ2) is 8.64. The van der Waals surface area contributed by atoms with Crippen molar-refractivity contribution in [1.29, 1.82) is 0 Å². The number of ether oxygens (including phenoxy) is 4. The van der Waals surface area contributed by atoms with Crippen LogP contribution in [0.5, 0.6) is 23.0 Å². The largest absolute Gasteiger partial charge is 0.493 e. The Morgan fingerprint density at radius 3 is 2.64 bits per heavy atom. The fourth-order valence-corrected chi connectivity index (χ4v) is 4.39. The highest BCUT2D eigenvalue weighted by Crippen LogP contribution is 2.44. The number of allylic oxidation sites excluding steroid dienone is 1. The lowest BCUT2D eigenvalue weighted by molar-refractivity contribution is 0.0872. The SMILES string of the molecule is COc1cccc(/C=C2\Oc3c4c(cc(C)c3C2=O)OCN(Cc2ccccc2)C4)c1OC. The first-order chi connectivity index (χ1) is 16.1. The second-order valence-electron chi connectivity index (χ2n) is 8.14. The number of aryl methyl sites for hydroxylation is 1. The number of fused-ring (bicyclic) bond motifs is 3. The van der Waals surface area contributed by atoms with Gasteiger partial charge in [-0.15, -0.1) is 0 Å². The van der Waals surface area contributed by atoms with Crippen molar-refractivity contribution in [1.82, 2.24) is 4.90 Å². The van der Waals surface area contributed by atoms with Crippen molar-refractivity contribution in [2.75, 3.05) is 21.0 Å². The molecule has 0 saturated heterocycles. The Morgan fingerprint density at radius 1 is 1.06 bits per heavy atom. The molecule has 2 aliphatic rings. The first-order valence-electron chi connectivity index (χ1n) is 10.8. The van der Waals surface area contributed by atoms with Crippen LogP contribution in [0.15, 0.2) is 60.4 Å².